The van der Waals surface area contributed by atoms with Crippen LogP contribution in [-0.4, -0.2) is 38.6 Å². The minimum atomic E-state index is 0.164. The molecule has 0 bridgehead atoms. The van der Waals surface area contributed by atoms with Crippen LogP contribution in [0.4, 0.5) is 0 Å². The lowest BCUT2D eigenvalue weighted by Crippen LogP contribution is -2.16. The zero-order chi connectivity index (χ0) is 18.2. The van der Waals surface area contributed by atoms with Crippen LogP contribution in [0.15, 0.2) is 22.4 Å². The Morgan fingerprint density at radius 1 is 0.696 bits per heavy atom. The summed E-state index contributed by atoms with van der Waals surface area (Å²) in [7, 11) is 0. The molecular formula is C12H11Br9O2. The third-order valence-electron chi connectivity index (χ3n) is 2.12. The molecule has 0 spiro atoms. The van der Waals surface area contributed by atoms with Crippen LogP contribution >= 0.6 is 143 Å². The molecule has 1 rings (SSSR count). The minimum absolute atomic E-state index is 0.164. The monoisotopic (exact) mass is 897 g/mol. The molecule has 0 saturated carbocycles. The number of phenolic OH excluding ortho intramolecular Hbond substituents is 1. The van der Waals surface area contributed by atoms with Crippen LogP contribution in [0.25, 0.3) is 0 Å². The molecule has 0 fully saturated rings. The molecule has 134 valence electrons. The van der Waals surface area contributed by atoms with Crippen molar-refractivity contribution in [1.82, 2.24) is 0 Å². The topological polar surface area (TPSA) is 29.5 Å². The van der Waals surface area contributed by atoms with Crippen molar-refractivity contribution < 1.29 is 9.84 Å². The number of alkyl halides is 4. The molecule has 0 aliphatic rings. The van der Waals surface area contributed by atoms with E-state index < -0.39 is 0 Å². The van der Waals surface area contributed by atoms with Gasteiger partial charge in [0.15, 0.2) is 0 Å². The summed E-state index contributed by atoms with van der Waals surface area (Å²) < 4.78 is 9.01. The van der Waals surface area contributed by atoms with Gasteiger partial charge in [-0.15, -0.1) is 0 Å². The van der Waals surface area contributed by atoms with E-state index in [9.17, 15) is 5.11 Å². The highest BCUT2D eigenvalue weighted by Crippen LogP contribution is 2.47. The summed E-state index contributed by atoms with van der Waals surface area (Å²) in [5.41, 5.74) is 0. The molecule has 2 unspecified atom stereocenters. The number of ether oxygens (including phenoxy) is 1. The second-order valence-corrected chi connectivity index (χ2v) is 11.8. The maximum absolute atomic E-state index is 9.52. The van der Waals surface area contributed by atoms with Crippen molar-refractivity contribution in [2.45, 2.75) is 9.65 Å². The summed E-state index contributed by atoms with van der Waals surface area (Å²) in [5.74, 6) is 0.164. The number of phenols is 1. The fourth-order valence-electron chi connectivity index (χ4n) is 1.01. The number of halogens is 9. The maximum Gasteiger partial charge on any atom is 0.146 e. The second-order valence-electron chi connectivity index (χ2n) is 3.96. The summed E-state index contributed by atoms with van der Waals surface area (Å²) >= 11 is 30.0. The Kier molecular flexibility index (Phi) is 16.4. The van der Waals surface area contributed by atoms with Crippen molar-refractivity contribution >= 4 is 143 Å². The number of benzene rings is 1. The lowest BCUT2D eigenvalue weighted by molar-refractivity contribution is 0.145. The van der Waals surface area contributed by atoms with Crippen molar-refractivity contribution in [3.63, 3.8) is 0 Å². The first kappa shape index (κ1) is 26.3. The molecule has 0 radical (unpaired) electrons. The Labute approximate surface area is 211 Å². The number of rotatable bonds is 6. The molecule has 0 amide bonds. The maximum atomic E-state index is 9.52. The van der Waals surface area contributed by atoms with E-state index >= 15 is 0 Å². The average Bonchev–Trinajstić information content (AvgIpc) is 2.56. The Hall–Kier alpha value is 3.30. The van der Waals surface area contributed by atoms with Gasteiger partial charge in [-0.05, 0) is 79.6 Å². The molecule has 0 aliphatic heterocycles. The quantitative estimate of drug-likeness (QED) is 0.176. The smallest absolute Gasteiger partial charge is 0.146 e. The summed E-state index contributed by atoms with van der Waals surface area (Å²) in [4.78, 5) is 0.829. The predicted octanol–water partition coefficient (Wildman–Crippen LogP) is 8.52. The first-order valence-corrected chi connectivity index (χ1v) is 13.9. The van der Waals surface area contributed by atoms with Gasteiger partial charge in [-0.3, -0.25) is 0 Å². The second kappa shape index (κ2) is 14.3. The predicted molar refractivity (Wildman–Crippen MR) is 130 cm³/mol. The van der Waals surface area contributed by atoms with Gasteiger partial charge < -0.3 is 9.84 Å². The molecule has 1 aromatic rings. The third-order valence-corrected chi connectivity index (χ3v) is 12.6. The Morgan fingerprint density at radius 3 is 1.30 bits per heavy atom. The van der Waals surface area contributed by atoms with Gasteiger partial charge in [0, 0.05) is 24.8 Å². The molecule has 0 aromatic heterocycles. The largest absolute Gasteiger partial charge is 0.505 e. The van der Waals surface area contributed by atoms with Crippen molar-refractivity contribution in [3.8, 4) is 5.75 Å². The van der Waals surface area contributed by atoms with E-state index in [0.29, 0.717) is 18.6 Å². The average molecular weight is 906 g/mol. The highest BCUT2D eigenvalue weighted by molar-refractivity contribution is 9.16. The van der Waals surface area contributed by atoms with Crippen molar-refractivity contribution in [3.05, 3.63) is 22.4 Å². The van der Waals surface area contributed by atoms with Crippen LogP contribution in [0.1, 0.15) is 0 Å². The van der Waals surface area contributed by atoms with E-state index in [-0.39, 0.29) is 5.75 Å². The lowest BCUT2D eigenvalue weighted by atomic mass is 10.3. The number of aromatic hydroxyl groups is 1. The Morgan fingerprint density at radius 2 is 1.00 bits per heavy atom. The number of hydrogen-bond acceptors (Lipinski definition) is 2. The van der Waals surface area contributed by atoms with Crippen LogP contribution in [0.5, 0.6) is 5.75 Å². The zero-order valence-corrected chi connectivity index (χ0v) is 25.5. The van der Waals surface area contributed by atoms with Gasteiger partial charge in [-0.25, -0.2) is 0 Å². The van der Waals surface area contributed by atoms with E-state index in [1.807, 2.05) is 0 Å². The van der Waals surface area contributed by atoms with E-state index in [0.717, 1.165) is 37.3 Å². The van der Waals surface area contributed by atoms with Gasteiger partial charge in [0.05, 0.1) is 31.1 Å². The van der Waals surface area contributed by atoms with Gasteiger partial charge >= 0.3 is 0 Å². The molecule has 2 atom stereocenters. The Bertz CT molecular complexity index is 383. The van der Waals surface area contributed by atoms with E-state index in [1.54, 1.807) is 0 Å². The van der Waals surface area contributed by atoms with Crippen LogP contribution in [0, 0.1) is 0 Å². The highest BCUT2D eigenvalue weighted by atomic mass is 79.9. The van der Waals surface area contributed by atoms with Gasteiger partial charge in [0.2, 0.25) is 0 Å². The zero-order valence-electron chi connectivity index (χ0n) is 11.2. The molecule has 2 nitrogen and oxygen atoms in total. The summed E-state index contributed by atoms with van der Waals surface area (Å²) in [6.45, 7) is 1.50. The third kappa shape index (κ3) is 9.87. The molecule has 0 saturated heterocycles. The lowest BCUT2D eigenvalue weighted by Gasteiger charge is -2.09. The SMILES string of the molecule is BrCC(Br)COCC(Br)CBr.Oc1c(Br)c(Br)c(Br)c(Br)c1Br. The molecule has 23 heavy (non-hydrogen) atoms. The molecule has 1 aromatic carbocycles. The van der Waals surface area contributed by atoms with Gasteiger partial charge in [-0.2, -0.15) is 0 Å². The fourth-order valence-corrected chi connectivity index (χ4v) is 4.78. The normalized spacial score (nSPS) is 13.3. The first-order valence-electron chi connectivity index (χ1n) is 5.85. The highest BCUT2D eigenvalue weighted by Gasteiger charge is 2.16. The van der Waals surface area contributed by atoms with Crippen LogP contribution < -0.4 is 0 Å². The van der Waals surface area contributed by atoms with Crippen molar-refractivity contribution in [2.24, 2.45) is 0 Å². The number of hydrogen-bond donors (Lipinski definition) is 1. The van der Waals surface area contributed by atoms with Crippen LogP contribution in [0.2, 0.25) is 0 Å². The van der Waals surface area contributed by atoms with Gasteiger partial charge in [0.1, 0.15) is 5.75 Å². The van der Waals surface area contributed by atoms with E-state index in [4.69, 9.17) is 4.74 Å². The van der Waals surface area contributed by atoms with Crippen LogP contribution in [-0.2, 0) is 4.74 Å². The van der Waals surface area contributed by atoms with E-state index in [1.165, 1.54) is 0 Å². The summed E-state index contributed by atoms with van der Waals surface area (Å²) in [6.07, 6.45) is 0. The molecule has 11 heteroatoms. The van der Waals surface area contributed by atoms with Crippen molar-refractivity contribution in [2.75, 3.05) is 23.9 Å². The fraction of sp³-hybridized carbons (Fsp3) is 0.500. The standard InChI is InChI=1S/C6HBr5O.C6H10Br4O/c7-1-2(8)4(10)6(12)5(11)3(1)9;7-1-5(9)3-11-4-6(10)2-8/h12H;5-6H,1-4H2. The molecule has 0 aliphatic carbocycles. The molecule has 1 N–H and O–H groups in total. The van der Waals surface area contributed by atoms with Gasteiger partial charge in [0.25, 0.3) is 0 Å². The van der Waals surface area contributed by atoms with Gasteiger partial charge in [-0.1, -0.05) is 63.7 Å². The first-order chi connectivity index (χ1) is 10.7. The van der Waals surface area contributed by atoms with Crippen LogP contribution in [0.3, 0.4) is 0 Å². The molecule has 0 heterocycles. The summed E-state index contributed by atoms with van der Waals surface area (Å²) in [6, 6.07) is 0. The van der Waals surface area contributed by atoms with Crippen molar-refractivity contribution in [1.29, 1.82) is 0 Å². The molecular weight excluding hydrogens is 895 g/mol. The summed E-state index contributed by atoms with van der Waals surface area (Å²) in [5, 5.41) is 11.4. The Balaban J connectivity index is 0.000000423. The van der Waals surface area contributed by atoms with E-state index in [2.05, 4.69) is 143 Å². The minimum Gasteiger partial charge on any atom is -0.505 e.